The standard InChI is InChI=1S/C15H16ClN5O2/c16-11-2-1-3-12(8-11)19-15(22)20-13-9-14(18-10-17-13)21-4-6-23-7-5-21/h1-3,8-10H,4-7H2,(H2,17,18,19,20,22). The molecule has 2 heterocycles. The van der Waals surface area contributed by atoms with E-state index < -0.39 is 0 Å². The van der Waals surface area contributed by atoms with Crippen molar-refractivity contribution in [2.24, 2.45) is 0 Å². The highest BCUT2D eigenvalue weighted by atomic mass is 35.5. The van der Waals surface area contributed by atoms with Gasteiger partial charge in [-0.25, -0.2) is 14.8 Å². The minimum atomic E-state index is -0.390. The van der Waals surface area contributed by atoms with E-state index in [0.29, 0.717) is 29.7 Å². The summed E-state index contributed by atoms with van der Waals surface area (Å²) in [5.41, 5.74) is 0.609. The van der Waals surface area contributed by atoms with Gasteiger partial charge in [-0.15, -0.1) is 0 Å². The third-order valence-electron chi connectivity index (χ3n) is 3.31. The lowest BCUT2D eigenvalue weighted by Crippen LogP contribution is -2.36. The predicted octanol–water partition coefficient (Wildman–Crippen LogP) is 2.61. The first-order valence-corrected chi connectivity index (χ1v) is 7.57. The maximum absolute atomic E-state index is 12.0. The molecule has 0 spiro atoms. The van der Waals surface area contributed by atoms with E-state index in [0.717, 1.165) is 18.9 Å². The van der Waals surface area contributed by atoms with Crippen LogP contribution >= 0.6 is 11.6 Å². The number of ether oxygens (including phenoxy) is 1. The van der Waals surface area contributed by atoms with Crippen molar-refractivity contribution in [2.45, 2.75) is 0 Å². The maximum atomic E-state index is 12.0. The molecule has 1 aliphatic heterocycles. The van der Waals surface area contributed by atoms with E-state index >= 15 is 0 Å². The van der Waals surface area contributed by atoms with Gasteiger partial charge in [0.2, 0.25) is 0 Å². The Bertz CT molecular complexity index is 691. The lowest BCUT2D eigenvalue weighted by molar-refractivity contribution is 0.122. The van der Waals surface area contributed by atoms with Gasteiger partial charge in [0.25, 0.3) is 0 Å². The summed E-state index contributed by atoms with van der Waals surface area (Å²) in [6.07, 6.45) is 1.43. The zero-order valence-electron chi connectivity index (χ0n) is 12.3. The number of nitrogens with zero attached hydrogens (tertiary/aromatic N) is 3. The second kappa shape index (κ2) is 7.26. The fourth-order valence-corrected chi connectivity index (χ4v) is 2.42. The van der Waals surface area contributed by atoms with Crippen molar-refractivity contribution in [3.05, 3.63) is 41.7 Å². The average molecular weight is 334 g/mol. The van der Waals surface area contributed by atoms with Gasteiger partial charge in [0.1, 0.15) is 18.0 Å². The number of hydrogen-bond donors (Lipinski definition) is 2. The number of carbonyl (C=O) groups is 1. The fraction of sp³-hybridized carbons (Fsp3) is 0.267. The maximum Gasteiger partial charge on any atom is 0.324 e. The molecule has 2 aromatic rings. The molecule has 3 rings (SSSR count). The first-order valence-electron chi connectivity index (χ1n) is 7.19. The molecule has 8 heteroatoms. The van der Waals surface area contributed by atoms with E-state index in [-0.39, 0.29) is 6.03 Å². The molecule has 120 valence electrons. The molecule has 2 N–H and O–H groups in total. The topological polar surface area (TPSA) is 79.4 Å². The van der Waals surface area contributed by atoms with Crippen LogP contribution in [0.3, 0.4) is 0 Å². The van der Waals surface area contributed by atoms with E-state index in [4.69, 9.17) is 16.3 Å². The molecule has 0 saturated carbocycles. The van der Waals surface area contributed by atoms with Gasteiger partial charge in [-0.1, -0.05) is 17.7 Å². The van der Waals surface area contributed by atoms with Crippen molar-refractivity contribution in [1.82, 2.24) is 9.97 Å². The van der Waals surface area contributed by atoms with Gasteiger partial charge in [0.05, 0.1) is 13.2 Å². The zero-order valence-corrected chi connectivity index (χ0v) is 13.1. The molecule has 1 aromatic heterocycles. The van der Waals surface area contributed by atoms with Crippen LogP contribution in [0.1, 0.15) is 0 Å². The number of nitrogens with one attached hydrogen (secondary N) is 2. The molecule has 0 radical (unpaired) electrons. The molecule has 0 unspecified atom stereocenters. The Balaban J connectivity index is 1.64. The van der Waals surface area contributed by atoms with Crippen molar-refractivity contribution in [2.75, 3.05) is 41.8 Å². The number of rotatable bonds is 3. The molecule has 23 heavy (non-hydrogen) atoms. The minimum Gasteiger partial charge on any atom is -0.378 e. The van der Waals surface area contributed by atoms with Gasteiger partial charge >= 0.3 is 6.03 Å². The molecular formula is C15H16ClN5O2. The lowest BCUT2D eigenvalue weighted by atomic mass is 10.3. The summed E-state index contributed by atoms with van der Waals surface area (Å²) in [5, 5.41) is 5.94. The van der Waals surface area contributed by atoms with Gasteiger partial charge in [-0.3, -0.25) is 5.32 Å². The summed E-state index contributed by atoms with van der Waals surface area (Å²) in [6, 6.07) is 8.27. The molecule has 0 bridgehead atoms. The van der Waals surface area contributed by atoms with Gasteiger partial charge in [0.15, 0.2) is 0 Å². The summed E-state index contributed by atoms with van der Waals surface area (Å²) in [6.45, 7) is 2.88. The van der Waals surface area contributed by atoms with Crippen LogP contribution in [-0.2, 0) is 4.74 Å². The fourth-order valence-electron chi connectivity index (χ4n) is 2.23. The van der Waals surface area contributed by atoms with E-state index in [1.807, 2.05) is 0 Å². The molecule has 0 aliphatic carbocycles. The lowest BCUT2D eigenvalue weighted by Gasteiger charge is -2.27. The Morgan fingerprint density at radius 3 is 2.78 bits per heavy atom. The van der Waals surface area contributed by atoms with Crippen molar-refractivity contribution in [3.8, 4) is 0 Å². The molecule has 0 atom stereocenters. The number of amides is 2. The summed E-state index contributed by atoms with van der Waals surface area (Å²) < 4.78 is 5.32. The normalized spacial score (nSPS) is 14.4. The summed E-state index contributed by atoms with van der Waals surface area (Å²) >= 11 is 5.89. The third-order valence-corrected chi connectivity index (χ3v) is 3.55. The Morgan fingerprint density at radius 2 is 2.00 bits per heavy atom. The number of hydrogen-bond acceptors (Lipinski definition) is 5. The highest BCUT2D eigenvalue weighted by molar-refractivity contribution is 6.30. The van der Waals surface area contributed by atoms with Crippen LogP contribution in [0, 0.1) is 0 Å². The van der Waals surface area contributed by atoms with E-state index in [9.17, 15) is 4.79 Å². The van der Waals surface area contributed by atoms with Gasteiger partial charge < -0.3 is 15.0 Å². The summed E-state index contributed by atoms with van der Waals surface area (Å²) in [5.74, 6) is 1.20. The van der Waals surface area contributed by atoms with E-state index in [1.54, 1.807) is 30.3 Å². The smallest absolute Gasteiger partial charge is 0.324 e. The second-order valence-corrected chi connectivity index (χ2v) is 5.39. The number of benzene rings is 1. The number of morpholine rings is 1. The molecular weight excluding hydrogens is 318 g/mol. The van der Waals surface area contributed by atoms with Crippen molar-refractivity contribution in [1.29, 1.82) is 0 Å². The predicted molar refractivity (Wildman–Crippen MR) is 89.2 cm³/mol. The van der Waals surface area contributed by atoms with E-state index in [2.05, 4.69) is 25.5 Å². The first kappa shape index (κ1) is 15.5. The molecule has 1 saturated heterocycles. The van der Waals surface area contributed by atoms with Crippen LogP contribution in [0.5, 0.6) is 0 Å². The van der Waals surface area contributed by atoms with Crippen LogP contribution in [0.25, 0.3) is 0 Å². The van der Waals surface area contributed by atoms with Crippen molar-refractivity contribution >= 4 is 35.0 Å². The molecule has 7 nitrogen and oxygen atoms in total. The van der Waals surface area contributed by atoms with Gasteiger partial charge in [-0.2, -0.15) is 0 Å². The largest absolute Gasteiger partial charge is 0.378 e. The van der Waals surface area contributed by atoms with Gasteiger partial charge in [-0.05, 0) is 18.2 Å². The average Bonchev–Trinajstić information content (AvgIpc) is 2.56. The van der Waals surface area contributed by atoms with Gasteiger partial charge in [0, 0.05) is 29.9 Å². The number of halogens is 1. The first-order chi connectivity index (χ1) is 11.2. The molecule has 1 aromatic carbocycles. The van der Waals surface area contributed by atoms with Crippen LogP contribution in [0.4, 0.5) is 22.1 Å². The summed E-state index contributed by atoms with van der Waals surface area (Å²) in [7, 11) is 0. The SMILES string of the molecule is O=C(Nc1cccc(Cl)c1)Nc1cc(N2CCOCC2)ncn1. The second-order valence-electron chi connectivity index (χ2n) is 4.95. The molecule has 1 fully saturated rings. The Morgan fingerprint density at radius 1 is 1.17 bits per heavy atom. The van der Waals surface area contributed by atoms with Crippen LogP contribution in [0.2, 0.25) is 5.02 Å². The molecule has 1 aliphatic rings. The zero-order chi connectivity index (χ0) is 16.1. The summed E-state index contributed by atoms with van der Waals surface area (Å²) in [4.78, 5) is 22.4. The van der Waals surface area contributed by atoms with E-state index in [1.165, 1.54) is 6.33 Å². The Hall–Kier alpha value is -2.38. The van der Waals surface area contributed by atoms with Crippen LogP contribution in [0.15, 0.2) is 36.7 Å². The van der Waals surface area contributed by atoms with Crippen LogP contribution < -0.4 is 15.5 Å². The molecule has 2 amide bonds. The van der Waals surface area contributed by atoms with Crippen molar-refractivity contribution in [3.63, 3.8) is 0 Å². The third kappa shape index (κ3) is 4.30. The number of carbonyl (C=O) groups excluding carboxylic acids is 1. The Kier molecular flexibility index (Phi) is 4.89. The number of urea groups is 1. The monoisotopic (exact) mass is 333 g/mol. The Labute approximate surface area is 138 Å². The number of aromatic nitrogens is 2. The number of anilines is 3. The van der Waals surface area contributed by atoms with Crippen LogP contribution in [-0.4, -0.2) is 42.3 Å². The highest BCUT2D eigenvalue weighted by Crippen LogP contribution is 2.17. The van der Waals surface area contributed by atoms with Crippen molar-refractivity contribution < 1.29 is 9.53 Å². The minimum absolute atomic E-state index is 0.390. The quantitative estimate of drug-likeness (QED) is 0.902. The highest BCUT2D eigenvalue weighted by Gasteiger charge is 2.13.